The number of aryl methyl sites for hydroxylation is 3. The molecule has 8 nitrogen and oxygen atoms in total. The van der Waals surface area contributed by atoms with Crippen LogP contribution in [0.15, 0.2) is 4.99 Å². The lowest BCUT2D eigenvalue weighted by Crippen LogP contribution is -2.38. The minimum atomic E-state index is 0. The Morgan fingerprint density at radius 2 is 1.85 bits per heavy atom. The van der Waals surface area contributed by atoms with Crippen LogP contribution in [0.4, 0.5) is 0 Å². The Hall–Kier alpha value is -1.65. The van der Waals surface area contributed by atoms with Crippen LogP contribution in [0.1, 0.15) is 48.4 Å². The molecular weight excluding hydrogens is 443 g/mol. The Bertz CT molecular complexity index is 731. The first-order valence-electron chi connectivity index (χ1n) is 8.80. The summed E-state index contributed by atoms with van der Waals surface area (Å²) in [5.41, 5.74) is 3.35. The molecule has 0 saturated heterocycles. The molecule has 2 heterocycles. The molecule has 0 unspecified atom stereocenters. The number of aliphatic imine (C=N–C) groups is 1. The molecule has 146 valence electrons. The predicted octanol–water partition coefficient (Wildman–Crippen LogP) is 2.13. The maximum absolute atomic E-state index is 4.74. The first-order valence-corrected chi connectivity index (χ1v) is 8.80. The quantitative estimate of drug-likeness (QED) is 0.278. The zero-order chi connectivity index (χ0) is 18.4. The molecule has 0 atom stereocenters. The van der Waals surface area contributed by atoms with Crippen molar-refractivity contribution in [3.63, 3.8) is 0 Å². The molecule has 2 aromatic rings. The van der Waals surface area contributed by atoms with Crippen molar-refractivity contribution in [2.24, 2.45) is 19.1 Å². The summed E-state index contributed by atoms with van der Waals surface area (Å²) in [5.74, 6) is 2.57. The number of hydrogen-bond donors (Lipinski definition) is 2. The zero-order valence-corrected chi connectivity index (χ0v) is 19.0. The molecule has 26 heavy (non-hydrogen) atoms. The molecule has 0 bridgehead atoms. The van der Waals surface area contributed by atoms with Gasteiger partial charge in [-0.15, -0.1) is 34.2 Å². The fourth-order valence-corrected chi connectivity index (χ4v) is 2.53. The van der Waals surface area contributed by atoms with Gasteiger partial charge in [-0.2, -0.15) is 5.10 Å². The average Bonchev–Trinajstić information content (AvgIpc) is 3.02. The first-order chi connectivity index (χ1) is 11.9. The van der Waals surface area contributed by atoms with Crippen molar-refractivity contribution >= 4 is 29.9 Å². The van der Waals surface area contributed by atoms with Crippen LogP contribution in [0.25, 0.3) is 0 Å². The highest BCUT2D eigenvalue weighted by molar-refractivity contribution is 14.0. The highest BCUT2D eigenvalue weighted by atomic mass is 127. The Morgan fingerprint density at radius 1 is 1.12 bits per heavy atom. The topological polar surface area (TPSA) is 84.9 Å². The van der Waals surface area contributed by atoms with Gasteiger partial charge < -0.3 is 15.2 Å². The van der Waals surface area contributed by atoms with Crippen molar-refractivity contribution in [3.8, 4) is 0 Å². The second-order valence-corrected chi connectivity index (χ2v) is 6.29. The summed E-state index contributed by atoms with van der Waals surface area (Å²) in [6.07, 6.45) is 2.25. The fourth-order valence-electron chi connectivity index (χ4n) is 2.53. The van der Waals surface area contributed by atoms with Crippen LogP contribution in [0.5, 0.6) is 0 Å². The van der Waals surface area contributed by atoms with Gasteiger partial charge in [-0.1, -0.05) is 13.3 Å². The molecule has 0 fully saturated rings. The van der Waals surface area contributed by atoms with E-state index in [0.717, 1.165) is 48.4 Å². The van der Waals surface area contributed by atoms with Gasteiger partial charge in [-0.05, 0) is 27.2 Å². The summed E-state index contributed by atoms with van der Waals surface area (Å²) >= 11 is 0. The van der Waals surface area contributed by atoms with E-state index in [0.29, 0.717) is 13.1 Å². The maximum Gasteiger partial charge on any atom is 0.191 e. The third-order valence-electron chi connectivity index (χ3n) is 4.47. The number of aromatic nitrogens is 5. The lowest BCUT2D eigenvalue weighted by Gasteiger charge is -2.12. The molecule has 0 spiro atoms. The summed E-state index contributed by atoms with van der Waals surface area (Å²) in [4.78, 5) is 4.74. The Labute approximate surface area is 172 Å². The average molecular weight is 474 g/mol. The van der Waals surface area contributed by atoms with Gasteiger partial charge in [0.05, 0.1) is 18.8 Å². The van der Waals surface area contributed by atoms with Gasteiger partial charge >= 0.3 is 0 Å². The minimum Gasteiger partial charge on any atom is -0.356 e. The summed E-state index contributed by atoms with van der Waals surface area (Å²) < 4.78 is 3.88. The van der Waals surface area contributed by atoms with E-state index >= 15 is 0 Å². The normalized spacial score (nSPS) is 11.4. The molecule has 2 N–H and O–H groups in total. The SMILES string of the molecule is CCCCNC(=NCc1c(C)nn(C)c1C)NCc1nnc(C)n1C.I. The van der Waals surface area contributed by atoms with Gasteiger partial charge in [0.15, 0.2) is 11.8 Å². The van der Waals surface area contributed by atoms with Crippen molar-refractivity contribution in [3.05, 3.63) is 28.6 Å². The van der Waals surface area contributed by atoms with Gasteiger partial charge in [0.2, 0.25) is 0 Å². The summed E-state index contributed by atoms with van der Waals surface area (Å²) in [5, 5.41) is 19.5. The Kier molecular flexibility index (Phi) is 9.03. The van der Waals surface area contributed by atoms with E-state index in [2.05, 4.69) is 39.8 Å². The van der Waals surface area contributed by atoms with Crippen molar-refractivity contribution in [2.45, 2.75) is 53.6 Å². The van der Waals surface area contributed by atoms with Crippen molar-refractivity contribution in [1.82, 2.24) is 35.2 Å². The Morgan fingerprint density at radius 3 is 2.38 bits per heavy atom. The Balaban J connectivity index is 0.00000338. The lowest BCUT2D eigenvalue weighted by molar-refractivity contribution is 0.695. The van der Waals surface area contributed by atoms with Crippen LogP contribution in [-0.2, 0) is 27.2 Å². The molecule has 0 radical (unpaired) electrons. The number of nitrogens with one attached hydrogen (secondary N) is 2. The van der Waals surface area contributed by atoms with Crippen LogP contribution >= 0.6 is 24.0 Å². The molecule has 0 aromatic carbocycles. The van der Waals surface area contributed by atoms with Crippen LogP contribution in [0.3, 0.4) is 0 Å². The standard InChI is InChI=1S/C17H30N8.HI/c1-7-8-9-18-17(20-11-16-22-21-14(4)24(16)5)19-10-15-12(2)23-25(6)13(15)3;/h7-11H2,1-6H3,(H2,18,19,20);1H. The molecule has 2 rings (SSSR count). The van der Waals surface area contributed by atoms with Crippen molar-refractivity contribution in [1.29, 1.82) is 0 Å². The minimum absolute atomic E-state index is 0. The molecule has 0 amide bonds. The number of rotatable bonds is 7. The summed E-state index contributed by atoms with van der Waals surface area (Å²) in [7, 11) is 3.93. The monoisotopic (exact) mass is 474 g/mol. The van der Waals surface area contributed by atoms with Crippen molar-refractivity contribution in [2.75, 3.05) is 6.54 Å². The van der Waals surface area contributed by atoms with Gasteiger partial charge in [0.1, 0.15) is 5.82 Å². The number of guanidine groups is 1. The van der Waals surface area contributed by atoms with Gasteiger partial charge in [0.25, 0.3) is 0 Å². The molecule has 9 heteroatoms. The fraction of sp³-hybridized carbons (Fsp3) is 0.647. The van der Waals surface area contributed by atoms with E-state index in [-0.39, 0.29) is 24.0 Å². The number of nitrogens with zero attached hydrogens (tertiary/aromatic N) is 6. The van der Waals surface area contributed by atoms with E-state index in [1.54, 1.807) is 0 Å². The second-order valence-electron chi connectivity index (χ2n) is 6.29. The number of hydrogen-bond acceptors (Lipinski definition) is 4. The number of unbranched alkanes of at least 4 members (excludes halogenated alkanes) is 1. The van der Waals surface area contributed by atoms with Crippen LogP contribution < -0.4 is 10.6 Å². The van der Waals surface area contributed by atoms with Gasteiger partial charge in [0, 0.05) is 31.9 Å². The van der Waals surface area contributed by atoms with Crippen LogP contribution in [-0.4, -0.2) is 37.0 Å². The smallest absolute Gasteiger partial charge is 0.191 e. The van der Waals surface area contributed by atoms with E-state index in [1.165, 1.54) is 5.56 Å². The summed E-state index contributed by atoms with van der Waals surface area (Å²) in [6, 6.07) is 0. The van der Waals surface area contributed by atoms with Gasteiger partial charge in [-0.3, -0.25) is 4.68 Å². The third-order valence-corrected chi connectivity index (χ3v) is 4.47. The summed E-state index contributed by atoms with van der Waals surface area (Å²) in [6.45, 7) is 10.3. The maximum atomic E-state index is 4.74. The zero-order valence-electron chi connectivity index (χ0n) is 16.6. The molecule has 0 aliphatic heterocycles. The van der Waals surface area contributed by atoms with Gasteiger partial charge in [-0.25, -0.2) is 4.99 Å². The molecule has 0 aliphatic rings. The molecule has 0 aliphatic carbocycles. The number of halogens is 1. The molecular formula is C17H31IN8. The van der Waals surface area contributed by atoms with E-state index in [9.17, 15) is 0 Å². The highest BCUT2D eigenvalue weighted by Gasteiger charge is 2.10. The molecule has 0 saturated carbocycles. The predicted molar refractivity (Wildman–Crippen MR) is 115 cm³/mol. The first kappa shape index (κ1) is 22.4. The van der Waals surface area contributed by atoms with Crippen molar-refractivity contribution < 1.29 is 0 Å². The highest BCUT2D eigenvalue weighted by Crippen LogP contribution is 2.12. The molecule has 2 aromatic heterocycles. The lowest BCUT2D eigenvalue weighted by atomic mass is 10.2. The van der Waals surface area contributed by atoms with E-state index < -0.39 is 0 Å². The third kappa shape index (κ3) is 5.68. The van der Waals surface area contributed by atoms with Crippen LogP contribution in [0.2, 0.25) is 0 Å². The van der Waals surface area contributed by atoms with E-state index in [1.807, 2.05) is 37.2 Å². The second kappa shape index (κ2) is 10.5. The van der Waals surface area contributed by atoms with Crippen LogP contribution in [0, 0.1) is 20.8 Å². The van der Waals surface area contributed by atoms with E-state index in [4.69, 9.17) is 4.99 Å². The largest absolute Gasteiger partial charge is 0.356 e.